The van der Waals surface area contributed by atoms with E-state index in [1.807, 2.05) is 33.2 Å². The van der Waals surface area contributed by atoms with Crippen LogP contribution in [0.5, 0.6) is 0 Å². The van der Waals surface area contributed by atoms with E-state index >= 15 is 0 Å². The third kappa shape index (κ3) is 5.04. The van der Waals surface area contributed by atoms with Crippen molar-refractivity contribution >= 4 is 5.91 Å². The fourth-order valence-corrected chi connectivity index (χ4v) is 1.39. The lowest BCUT2D eigenvalue weighted by molar-refractivity contribution is -0.123. The number of hydrogen-bond donors (Lipinski definition) is 2. The number of hydrogen-bond acceptors (Lipinski definition) is 4. The van der Waals surface area contributed by atoms with E-state index in [9.17, 15) is 4.79 Å². The maximum Gasteiger partial charge on any atom is 0.237 e. The molecule has 0 aliphatic carbocycles. The molecule has 1 heterocycles. The average Bonchev–Trinajstić information content (AvgIpc) is 2.85. The van der Waals surface area contributed by atoms with Crippen LogP contribution in [-0.2, 0) is 11.3 Å². The summed E-state index contributed by atoms with van der Waals surface area (Å²) in [4.78, 5) is 14.0. The largest absolute Gasteiger partial charge is 0.467 e. The Labute approximate surface area is 115 Å². The summed E-state index contributed by atoms with van der Waals surface area (Å²) in [5.41, 5.74) is 0.00948. The van der Waals surface area contributed by atoms with Crippen LogP contribution in [0.2, 0.25) is 0 Å². The van der Waals surface area contributed by atoms with Gasteiger partial charge in [-0.1, -0.05) is 0 Å². The molecule has 1 amide bonds. The van der Waals surface area contributed by atoms with Gasteiger partial charge in [-0.05, 0) is 47.0 Å². The minimum atomic E-state index is -0.228. The Morgan fingerprint density at radius 2 is 2.16 bits per heavy atom. The zero-order valence-electron chi connectivity index (χ0n) is 12.5. The molecule has 19 heavy (non-hydrogen) atoms. The van der Waals surface area contributed by atoms with Gasteiger partial charge in [0.05, 0.1) is 18.8 Å². The van der Waals surface area contributed by atoms with Crippen LogP contribution in [-0.4, -0.2) is 43.0 Å². The van der Waals surface area contributed by atoms with E-state index in [0.29, 0.717) is 6.54 Å². The fraction of sp³-hybridized carbons (Fsp3) is 0.643. The van der Waals surface area contributed by atoms with Crippen molar-refractivity contribution in [2.75, 3.05) is 20.6 Å². The Morgan fingerprint density at radius 1 is 1.47 bits per heavy atom. The van der Waals surface area contributed by atoms with E-state index in [-0.39, 0.29) is 17.5 Å². The van der Waals surface area contributed by atoms with E-state index in [1.165, 1.54) is 0 Å². The molecule has 1 atom stereocenters. The van der Waals surface area contributed by atoms with Crippen LogP contribution < -0.4 is 10.6 Å². The number of carbonyl (C=O) groups is 1. The Hall–Kier alpha value is -1.33. The van der Waals surface area contributed by atoms with E-state index in [0.717, 1.165) is 12.3 Å². The van der Waals surface area contributed by atoms with Crippen LogP contribution in [0.3, 0.4) is 0 Å². The van der Waals surface area contributed by atoms with Gasteiger partial charge in [0.15, 0.2) is 0 Å². The van der Waals surface area contributed by atoms with Gasteiger partial charge in [0.25, 0.3) is 0 Å². The van der Waals surface area contributed by atoms with Gasteiger partial charge in [0, 0.05) is 12.1 Å². The van der Waals surface area contributed by atoms with Crippen molar-refractivity contribution in [3.8, 4) is 0 Å². The molecule has 1 rings (SSSR count). The molecule has 1 unspecified atom stereocenters. The molecule has 108 valence electrons. The van der Waals surface area contributed by atoms with Gasteiger partial charge in [-0.15, -0.1) is 0 Å². The van der Waals surface area contributed by atoms with E-state index in [2.05, 4.69) is 29.4 Å². The maximum absolute atomic E-state index is 11.9. The molecule has 0 aliphatic heterocycles. The molecule has 0 fully saturated rings. The molecule has 0 saturated carbocycles. The molecule has 1 aromatic heterocycles. The van der Waals surface area contributed by atoms with Crippen molar-refractivity contribution < 1.29 is 9.21 Å². The van der Waals surface area contributed by atoms with Crippen molar-refractivity contribution in [3.05, 3.63) is 24.2 Å². The first-order valence-electron chi connectivity index (χ1n) is 6.54. The topological polar surface area (TPSA) is 57.5 Å². The zero-order valence-corrected chi connectivity index (χ0v) is 12.5. The maximum atomic E-state index is 11.9. The summed E-state index contributed by atoms with van der Waals surface area (Å²) >= 11 is 0. The second-order valence-electron chi connectivity index (χ2n) is 5.61. The first-order chi connectivity index (χ1) is 8.83. The lowest BCUT2D eigenvalue weighted by Crippen LogP contribution is -2.51. The van der Waals surface area contributed by atoms with E-state index in [1.54, 1.807) is 6.26 Å². The Bertz CT molecular complexity index is 385. The highest BCUT2D eigenvalue weighted by Gasteiger charge is 2.22. The summed E-state index contributed by atoms with van der Waals surface area (Å²) in [5, 5.41) is 6.09. The van der Waals surface area contributed by atoms with Crippen LogP contribution >= 0.6 is 0 Å². The fourth-order valence-electron chi connectivity index (χ4n) is 1.39. The number of nitrogens with zero attached hydrogens (tertiary/aromatic N) is 1. The first kappa shape index (κ1) is 15.7. The molecule has 0 aliphatic rings. The van der Waals surface area contributed by atoms with Gasteiger partial charge < -0.3 is 20.0 Å². The summed E-state index contributed by atoms with van der Waals surface area (Å²) in [6, 6.07) is 3.42. The Morgan fingerprint density at radius 3 is 2.68 bits per heavy atom. The molecule has 0 bridgehead atoms. The van der Waals surface area contributed by atoms with Gasteiger partial charge in [-0.25, -0.2) is 0 Å². The standard InChI is InChI=1S/C14H25N3O2/c1-11(16-10-14(2,3)17(4)5)13(18)15-9-12-7-6-8-19-12/h6-8,11,16H,9-10H2,1-5H3,(H,15,18). The van der Waals surface area contributed by atoms with Crippen molar-refractivity contribution in [1.82, 2.24) is 15.5 Å². The van der Waals surface area contributed by atoms with Crippen LogP contribution in [0.1, 0.15) is 26.5 Å². The normalized spacial score (nSPS) is 13.6. The summed E-state index contributed by atoms with van der Waals surface area (Å²) in [5.74, 6) is 0.736. The van der Waals surface area contributed by atoms with Gasteiger partial charge in [-0.2, -0.15) is 0 Å². The van der Waals surface area contributed by atoms with Crippen molar-refractivity contribution in [2.24, 2.45) is 0 Å². The molecule has 1 aromatic rings. The van der Waals surface area contributed by atoms with Gasteiger partial charge >= 0.3 is 0 Å². The van der Waals surface area contributed by atoms with Crippen LogP contribution in [0.15, 0.2) is 22.8 Å². The molecule has 0 saturated heterocycles. The minimum Gasteiger partial charge on any atom is -0.467 e. The Kier molecular flexibility index (Phi) is 5.57. The molecule has 5 nitrogen and oxygen atoms in total. The monoisotopic (exact) mass is 267 g/mol. The molecular weight excluding hydrogens is 242 g/mol. The second kappa shape index (κ2) is 6.73. The summed E-state index contributed by atoms with van der Waals surface area (Å²) < 4.78 is 5.17. The number of rotatable bonds is 7. The number of nitrogens with one attached hydrogen (secondary N) is 2. The number of amides is 1. The predicted octanol–water partition coefficient (Wildman–Crippen LogP) is 1.21. The number of likely N-dealkylation sites (N-methyl/N-ethyl adjacent to an activating group) is 1. The minimum absolute atomic E-state index is 0.00948. The van der Waals surface area contributed by atoms with Crippen LogP contribution in [0.4, 0.5) is 0 Å². The summed E-state index contributed by atoms with van der Waals surface area (Å²) in [6.45, 7) is 7.30. The molecule has 0 aromatic carbocycles. The third-order valence-electron chi connectivity index (χ3n) is 3.46. The van der Waals surface area contributed by atoms with E-state index < -0.39 is 0 Å². The molecule has 5 heteroatoms. The zero-order chi connectivity index (χ0) is 14.5. The average molecular weight is 267 g/mol. The highest BCUT2D eigenvalue weighted by atomic mass is 16.3. The quantitative estimate of drug-likeness (QED) is 0.780. The number of carbonyl (C=O) groups excluding carboxylic acids is 1. The smallest absolute Gasteiger partial charge is 0.237 e. The highest BCUT2D eigenvalue weighted by molar-refractivity contribution is 5.81. The molecular formula is C14H25N3O2. The molecule has 0 radical (unpaired) electrons. The summed E-state index contributed by atoms with van der Waals surface area (Å²) in [6.07, 6.45) is 1.60. The third-order valence-corrected chi connectivity index (χ3v) is 3.46. The van der Waals surface area contributed by atoms with Crippen molar-refractivity contribution in [3.63, 3.8) is 0 Å². The van der Waals surface area contributed by atoms with Gasteiger partial charge in [0.2, 0.25) is 5.91 Å². The van der Waals surface area contributed by atoms with Crippen molar-refractivity contribution in [1.29, 1.82) is 0 Å². The molecule has 2 N–H and O–H groups in total. The van der Waals surface area contributed by atoms with Crippen molar-refractivity contribution in [2.45, 2.75) is 38.9 Å². The number of furan rings is 1. The Balaban J connectivity index is 2.32. The van der Waals surface area contributed by atoms with Crippen LogP contribution in [0, 0.1) is 0 Å². The SMILES string of the molecule is CC(NCC(C)(C)N(C)C)C(=O)NCc1ccco1. The van der Waals surface area contributed by atoms with E-state index in [4.69, 9.17) is 4.42 Å². The van der Waals surface area contributed by atoms with Gasteiger partial charge in [-0.3, -0.25) is 4.79 Å². The summed E-state index contributed by atoms with van der Waals surface area (Å²) in [7, 11) is 4.06. The first-order valence-corrected chi connectivity index (χ1v) is 6.54. The second-order valence-corrected chi connectivity index (χ2v) is 5.61. The predicted molar refractivity (Wildman–Crippen MR) is 75.8 cm³/mol. The van der Waals surface area contributed by atoms with Gasteiger partial charge in [0.1, 0.15) is 5.76 Å². The lowest BCUT2D eigenvalue weighted by atomic mass is 10.0. The highest BCUT2D eigenvalue weighted by Crippen LogP contribution is 2.08. The molecule has 0 spiro atoms. The van der Waals surface area contributed by atoms with Crippen LogP contribution in [0.25, 0.3) is 0 Å². The lowest BCUT2D eigenvalue weighted by Gasteiger charge is -2.33.